The summed E-state index contributed by atoms with van der Waals surface area (Å²) in [5.41, 5.74) is 6.24. The lowest BCUT2D eigenvalue weighted by Gasteiger charge is -2.07. The SMILES string of the molecule is Cc1nc(-c2ccccc2)sc1C(=O)NNC(=O)c1ccc(S(N)(=O)=O)cc1. The van der Waals surface area contributed by atoms with Crippen molar-refractivity contribution in [3.8, 4) is 10.6 Å². The van der Waals surface area contributed by atoms with Crippen molar-refractivity contribution in [1.82, 2.24) is 15.8 Å². The average molecular weight is 416 g/mol. The number of carbonyl (C=O) groups is 2. The zero-order valence-electron chi connectivity index (χ0n) is 14.7. The third-order valence-corrected chi connectivity index (χ3v) is 5.89. The van der Waals surface area contributed by atoms with Gasteiger partial charge in [-0.25, -0.2) is 18.5 Å². The fourth-order valence-electron chi connectivity index (χ4n) is 2.35. The second kappa shape index (κ2) is 7.89. The molecule has 3 rings (SSSR count). The third-order valence-electron chi connectivity index (χ3n) is 3.76. The van der Waals surface area contributed by atoms with Crippen LogP contribution in [0, 0.1) is 6.92 Å². The molecule has 144 valence electrons. The van der Waals surface area contributed by atoms with E-state index >= 15 is 0 Å². The van der Waals surface area contributed by atoms with E-state index in [4.69, 9.17) is 5.14 Å². The van der Waals surface area contributed by atoms with Gasteiger partial charge in [0.15, 0.2) is 0 Å². The zero-order chi connectivity index (χ0) is 20.3. The highest BCUT2D eigenvalue weighted by molar-refractivity contribution is 7.89. The number of nitrogens with zero attached hydrogens (tertiary/aromatic N) is 1. The molecule has 1 heterocycles. The van der Waals surface area contributed by atoms with Crippen LogP contribution >= 0.6 is 11.3 Å². The number of hydrazine groups is 1. The number of thiazole rings is 1. The van der Waals surface area contributed by atoms with Gasteiger partial charge in [-0.2, -0.15) is 0 Å². The van der Waals surface area contributed by atoms with Crippen molar-refractivity contribution in [2.75, 3.05) is 0 Å². The number of aryl methyl sites for hydroxylation is 1. The van der Waals surface area contributed by atoms with Gasteiger partial charge >= 0.3 is 0 Å². The fourth-order valence-corrected chi connectivity index (χ4v) is 3.83. The monoisotopic (exact) mass is 416 g/mol. The third kappa shape index (κ3) is 4.42. The Morgan fingerprint density at radius 1 is 0.964 bits per heavy atom. The summed E-state index contributed by atoms with van der Waals surface area (Å²) in [6.07, 6.45) is 0. The second-order valence-corrected chi connectivity index (χ2v) is 8.34. The molecule has 0 saturated heterocycles. The van der Waals surface area contributed by atoms with Crippen LogP contribution in [-0.4, -0.2) is 25.2 Å². The Bertz CT molecular complexity index is 1120. The number of aromatic nitrogens is 1. The van der Waals surface area contributed by atoms with Crippen LogP contribution in [0.4, 0.5) is 0 Å². The van der Waals surface area contributed by atoms with Gasteiger partial charge in [-0.1, -0.05) is 30.3 Å². The minimum atomic E-state index is -3.84. The molecule has 8 nitrogen and oxygen atoms in total. The highest BCUT2D eigenvalue weighted by Crippen LogP contribution is 2.27. The van der Waals surface area contributed by atoms with E-state index in [9.17, 15) is 18.0 Å². The highest BCUT2D eigenvalue weighted by Gasteiger charge is 2.17. The van der Waals surface area contributed by atoms with Crippen molar-refractivity contribution in [3.05, 3.63) is 70.7 Å². The van der Waals surface area contributed by atoms with Gasteiger partial charge in [0.25, 0.3) is 11.8 Å². The van der Waals surface area contributed by atoms with Gasteiger partial charge in [-0.05, 0) is 31.2 Å². The van der Waals surface area contributed by atoms with E-state index in [2.05, 4.69) is 15.8 Å². The maximum Gasteiger partial charge on any atom is 0.281 e. The second-order valence-electron chi connectivity index (χ2n) is 5.78. The number of hydrogen-bond donors (Lipinski definition) is 3. The van der Waals surface area contributed by atoms with E-state index in [1.54, 1.807) is 6.92 Å². The van der Waals surface area contributed by atoms with Gasteiger partial charge in [0, 0.05) is 11.1 Å². The molecule has 2 amide bonds. The van der Waals surface area contributed by atoms with Crippen molar-refractivity contribution in [2.45, 2.75) is 11.8 Å². The molecule has 3 aromatic rings. The summed E-state index contributed by atoms with van der Waals surface area (Å²) in [4.78, 5) is 29.2. The predicted molar refractivity (Wildman–Crippen MR) is 105 cm³/mol. The minimum Gasteiger partial charge on any atom is -0.267 e. The first kappa shape index (κ1) is 19.7. The van der Waals surface area contributed by atoms with Crippen LogP contribution < -0.4 is 16.0 Å². The number of hydrogen-bond acceptors (Lipinski definition) is 6. The molecule has 0 aliphatic rings. The van der Waals surface area contributed by atoms with Crippen molar-refractivity contribution in [3.63, 3.8) is 0 Å². The van der Waals surface area contributed by atoms with Gasteiger partial charge in [0.05, 0.1) is 10.6 Å². The summed E-state index contributed by atoms with van der Waals surface area (Å²) >= 11 is 1.22. The summed E-state index contributed by atoms with van der Waals surface area (Å²) in [5.74, 6) is -1.09. The number of sulfonamides is 1. The van der Waals surface area contributed by atoms with Crippen molar-refractivity contribution < 1.29 is 18.0 Å². The molecule has 0 fully saturated rings. The Morgan fingerprint density at radius 3 is 2.18 bits per heavy atom. The molecule has 10 heteroatoms. The molecule has 0 aliphatic heterocycles. The number of primary sulfonamides is 1. The quantitative estimate of drug-likeness (QED) is 0.559. The maximum atomic E-state index is 12.4. The summed E-state index contributed by atoms with van der Waals surface area (Å²) in [5, 5.41) is 5.72. The Balaban J connectivity index is 1.67. The first-order chi connectivity index (χ1) is 13.3. The Morgan fingerprint density at radius 2 is 1.57 bits per heavy atom. The number of nitrogens with one attached hydrogen (secondary N) is 2. The Hall–Kier alpha value is -3.08. The highest BCUT2D eigenvalue weighted by atomic mass is 32.2. The number of rotatable bonds is 4. The summed E-state index contributed by atoms with van der Waals surface area (Å²) in [7, 11) is -3.84. The molecule has 0 saturated carbocycles. The van der Waals surface area contributed by atoms with E-state index in [1.807, 2.05) is 30.3 Å². The first-order valence-electron chi connectivity index (χ1n) is 8.02. The smallest absolute Gasteiger partial charge is 0.267 e. The normalized spacial score (nSPS) is 11.1. The first-order valence-corrected chi connectivity index (χ1v) is 10.4. The van der Waals surface area contributed by atoms with Gasteiger partial charge in [-0.3, -0.25) is 20.4 Å². The minimum absolute atomic E-state index is 0.109. The molecule has 0 unspecified atom stereocenters. The predicted octanol–water partition coefficient (Wildman–Crippen LogP) is 1.84. The maximum absolute atomic E-state index is 12.4. The molecule has 0 atom stereocenters. The number of benzene rings is 2. The Kier molecular flexibility index (Phi) is 5.54. The zero-order valence-corrected chi connectivity index (χ0v) is 16.3. The topological polar surface area (TPSA) is 131 Å². The molecule has 1 aromatic heterocycles. The largest absolute Gasteiger partial charge is 0.281 e. The van der Waals surface area contributed by atoms with E-state index in [0.29, 0.717) is 15.6 Å². The fraction of sp³-hybridized carbons (Fsp3) is 0.0556. The summed E-state index contributed by atoms with van der Waals surface area (Å²) in [6, 6.07) is 14.5. The lowest BCUT2D eigenvalue weighted by atomic mass is 10.2. The van der Waals surface area contributed by atoms with Crippen LogP contribution in [0.25, 0.3) is 10.6 Å². The van der Waals surface area contributed by atoms with Crippen LogP contribution in [0.1, 0.15) is 25.7 Å². The number of amides is 2. The molecule has 28 heavy (non-hydrogen) atoms. The van der Waals surface area contributed by atoms with Gasteiger partial charge in [-0.15, -0.1) is 11.3 Å². The van der Waals surface area contributed by atoms with Gasteiger partial charge in [0.2, 0.25) is 10.0 Å². The summed E-state index contributed by atoms with van der Waals surface area (Å²) < 4.78 is 22.5. The van der Waals surface area contributed by atoms with Gasteiger partial charge in [0.1, 0.15) is 9.88 Å². The van der Waals surface area contributed by atoms with Gasteiger partial charge < -0.3 is 0 Å². The molecule has 4 N–H and O–H groups in total. The molecule has 0 spiro atoms. The average Bonchev–Trinajstić information content (AvgIpc) is 3.08. The van der Waals surface area contributed by atoms with Crippen LogP contribution in [-0.2, 0) is 10.0 Å². The van der Waals surface area contributed by atoms with Crippen LogP contribution in [0.5, 0.6) is 0 Å². The van der Waals surface area contributed by atoms with Crippen molar-refractivity contribution >= 4 is 33.2 Å². The molecule has 0 aliphatic carbocycles. The van der Waals surface area contributed by atoms with E-state index in [-0.39, 0.29) is 10.5 Å². The van der Waals surface area contributed by atoms with E-state index in [1.165, 1.54) is 35.6 Å². The Labute approximate surface area is 165 Å². The van der Waals surface area contributed by atoms with Crippen LogP contribution in [0.2, 0.25) is 0 Å². The standard InChI is InChI=1S/C18H16N4O4S2/c1-11-15(27-18(20-11)13-5-3-2-4-6-13)17(24)22-21-16(23)12-7-9-14(10-8-12)28(19,25)26/h2-10H,1H3,(H,21,23)(H,22,24)(H2,19,25,26). The molecular weight excluding hydrogens is 400 g/mol. The molecule has 2 aromatic carbocycles. The summed E-state index contributed by atoms with van der Waals surface area (Å²) in [6.45, 7) is 1.71. The lowest BCUT2D eigenvalue weighted by molar-refractivity contribution is 0.0848. The number of nitrogens with two attached hydrogens (primary N) is 1. The van der Waals surface area contributed by atoms with E-state index in [0.717, 1.165) is 5.56 Å². The lowest BCUT2D eigenvalue weighted by Crippen LogP contribution is -2.41. The van der Waals surface area contributed by atoms with E-state index < -0.39 is 21.8 Å². The molecule has 0 bridgehead atoms. The van der Waals surface area contributed by atoms with Crippen molar-refractivity contribution in [2.24, 2.45) is 5.14 Å². The van der Waals surface area contributed by atoms with Crippen LogP contribution in [0.3, 0.4) is 0 Å². The molecule has 0 radical (unpaired) electrons. The molecular formula is C18H16N4O4S2. The van der Waals surface area contributed by atoms with Crippen LogP contribution in [0.15, 0.2) is 59.5 Å². The number of carbonyl (C=O) groups excluding carboxylic acids is 2. The van der Waals surface area contributed by atoms with Crippen molar-refractivity contribution in [1.29, 1.82) is 0 Å².